The second kappa shape index (κ2) is 6.25. The molecule has 0 amide bonds. The highest BCUT2D eigenvalue weighted by molar-refractivity contribution is 6.30. The highest BCUT2D eigenvalue weighted by Gasteiger charge is 2.08. The molecular formula is C16H19ClN2O. The monoisotopic (exact) mass is 290 g/mol. The van der Waals surface area contributed by atoms with Gasteiger partial charge in [0.25, 0.3) is 0 Å². The van der Waals surface area contributed by atoms with E-state index in [-0.39, 0.29) is 5.43 Å². The zero-order chi connectivity index (χ0) is 14.7. The summed E-state index contributed by atoms with van der Waals surface area (Å²) in [5.41, 5.74) is 3.86. The SMILES string of the molecule is CCNCc1cn(-c2cc(Cl)ccc2C)c(C)cc1=O. The van der Waals surface area contributed by atoms with Gasteiger partial charge in [0.05, 0.1) is 0 Å². The number of nitrogens with zero attached hydrogens (tertiary/aromatic N) is 1. The van der Waals surface area contributed by atoms with Gasteiger partial charge >= 0.3 is 0 Å². The molecule has 1 aromatic carbocycles. The summed E-state index contributed by atoms with van der Waals surface area (Å²) in [5, 5.41) is 3.88. The predicted octanol–water partition coefficient (Wildman–Crippen LogP) is 3.22. The van der Waals surface area contributed by atoms with E-state index in [1.165, 1.54) is 0 Å². The molecule has 0 unspecified atom stereocenters. The van der Waals surface area contributed by atoms with E-state index in [0.29, 0.717) is 11.6 Å². The van der Waals surface area contributed by atoms with Crippen molar-refractivity contribution in [1.29, 1.82) is 0 Å². The Hall–Kier alpha value is -1.58. The fourth-order valence-corrected chi connectivity index (χ4v) is 2.33. The summed E-state index contributed by atoms with van der Waals surface area (Å²) in [7, 11) is 0. The minimum Gasteiger partial charge on any atom is -0.320 e. The minimum absolute atomic E-state index is 0.0689. The number of hydrogen-bond acceptors (Lipinski definition) is 2. The van der Waals surface area contributed by atoms with Gasteiger partial charge in [0.2, 0.25) is 0 Å². The second-order valence-corrected chi connectivity index (χ2v) is 5.32. The van der Waals surface area contributed by atoms with E-state index >= 15 is 0 Å². The van der Waals surface area contributed by atoms with Gasteiger partial charge in [0.1, 0.15) is 0 Å². The largest absolute Gasteiger partial charge is 0.320 e. The Bertz CT molecular complexity index is 677. The maximum atomic E-state index is 12.0. The Labute approximate surface area is 124 Å². The van der Waals surface area contributed by atoms with Crippen LogP contribution in [-0.2, 0) is 6.54 Å². The van der Waals surface area contributed by atoms with E-state index in [9.17, 15) is 4.79 Å². The normalized spacial score (nSPS) is 10.8. The second-order valence-electron chi connectivity index (χ2n) is 4.89. The van der Waals surface area contributed by atoms with Crippen molar-refractivity contribution in [2.24, 2.45) is 0 Å². The zero-order valence-electron chi connectivity index (χ0n) is 12.0. The van der Waals surface area contributed by atoms with E-state index in [2.05, 4.69) is 5.32 Å². The first-order valence-corrected chi connectivity index (χ1v) is 7.10. The first-order valence-electron chi connectivity index (χ1n) is 6.72. The van der Waals surface area contributed by atoms with E-state index in [0.717, 1.165) is 29.1 Å². The fourth-order valence-electron chi connectivity index (χ4n) is 2.17. The van der Waals surface area contributed by atoms with Crippen molar-refractivity contribution in [3.05, 3.63) is 62.5 Å². The molecule has 1 heterocycles. The molecule has 0 spiro atoms. The lowest BCUT2D eigenvalue weighted by atomic mass is 10.1. The Morgan fingerprint density at radius 2 is 2.00 bits per heavy atom. The number of aromatic nitrogens is 1. The number of rotatable bonds is 4. The number of halogens is 1. The molecule has 106 valence electrons. The molecule has 0 radical (unpaired) electrons. The summed E-state index contributed by atoms with van der Waals surface area (Å²) in [6, 6.07) is 7.45. The van der Waals surface area contributed by atoms with Crippen molar-refractivity contribution in [1.82, 2.24) is 9.88 Å². The lowest BCUT2D eigenvalue weighted by Gasteiger charge is -2.15. The van der Waals surface area contributed by atoms with Crippen LogP contribution in [0.3, 0.4) is 0 Å². The fraction of sp³-hybridized carbons (Fsp3) is 0.312. The molecule has 1 aromatic heterocycles. The van der Waals surface area contributed by atoms with Crippen molar-refractivity contribution < 1.29 is 0 Å². The van der Waals surface area contributed by atoms with Crippen LogP contribution in [0.2, 0.25) is 5.02 Å². The first kappa shape index (κ1) is 14.8. The van der Waals surface area contributed by atoms with E-state index in [1.54, 1.807) is 6.07 Å². The molecule has 0 aliphatic rings. The summed E-state index contributed by atoms with van der Waals surface area (Å²) < 4.78 is 2.02. The minimum atomic E-state index is 0.0689. The Kier molecular flexibility index (Phi) is 4.63. The van der Waals surface area contributed by atoms with Crippen LogP contribution in [-0.4, -0.2) is 11.1 Å². The van der Waals surface area contributed by atoms with Gasteiger partial charge in [0.15, 0.2) is 5.43 Å². The maximum absolute atomic E-state index is 12.0. The molecular weight excluding hydrogens is 272 g/mol. The van der Waals surface area contributed by atoms with Gasteiger partial charge in [-0.3, -0.25) is 4.79 Å². The molecule has 0 atom stereocenters. The van der Waals surface area contributed by atoms with Crippen LogP contribution in [0.15, 0.2) is 35.3 Å². The number of aryl methyl sites for hydroxylation is 2. The van der Waals surface area contributed by atoms with Crippen molar-refractivity contribution in [2.45, 2.75) is 27.3 Å². The number of nitrogens with one attached hydrogen (secondary N) is 1. The molecule has 0 aliphatic heterocycles. The topological polar surface area (TPSA) is 34.0 Å². The summed E-state index contributed by atoms with van der Waals surface area (Å²) in [4.78, 5) is 12.0. The average Bonchev–Trinajstić information content (AvgIpc) is 2.41. The molecule has 1 N–H and O–H groups in total. The van der Waals surface area contributed by atoms with Crippen molar-refractivity contribution in [3.63, 3.8) is 0 Å². The van der Waals surface area contributed by atoms with Crippen LogP contribution in [0.1, 0.15) is 23.7 Å². The Morgan fingerprint density at radius 3 is 2.70 bits per heavy atom. The summed E-state index contributed by atoms with van der Waals surface area (Å²) in [5.74, 6) is 0. The first-order chi connectivity index (χ1) is 9.52. The van der Waals surface area contributed by atoms with Gasteiger partial charge < -0.3 is 9.88 Å². The molecule has 0 saturated heterocycles. The summed E-state index contributed by atoms with van der Waals surface area (Å²) in [6.07, 6.45) is 1.90. The smallest absolute Gasteiger partial charge is 0.186 e. The molecule has 4 heteroatoms. The van der Waals surface area contributed by atoms with Gasteiger partial charge in [0, 0.05) is 40.8 Å². The molecule has 3 nitrogen and oxygen atoms in total. The maximum Gasteiger partial charge on any atom is 0.186 e. The Balaban J connectivity index is 2.55. The van der Waals surface area contributed by atoms with Gasteiger partial charge in [-0.2, -0.15) is 0 Å². The average molecular weight is 291 g/mol. The van der Waals surface area contributed by atoms with Crippen LogP contribution in [0.25, 0.3) is 5.69 Å². The third kappa shape index (κ3) is 3.11. The molecule has 0 saturated carbocycles. The van der Waals surface area contributed by atoms with Gasteiger partial charge in [-0.05, 0) is 38.1 Å². The predicted molar refractivity (Wildman–Crippen MR) is 83.9 cm³/mol. The molecule has 2 rings (SSSR count). The number of benzene rings is 1. The van der Waals surface area contributed by atoms with Gasteiger partial charge in [-0.1, -0.05) is 24.6 Å². The summed E-state index contributed by atoms with van der Waals surface area (Å²) in [6.45, 7) is 7.40. The van der Waals surface area contributed by atoms with Crippen LogP contribution < -0.4 is 10.7 Å². The van der Waals surface area contributed by atoms with Crippen LogP contribution in [0.5, 0.6) is 0 Å². The van der Waals surface area contributed by atoms with Gasteiger partial charge in [-0.15, -0.1) is 0 Å². The molecule has 0 fully saturated rings. The quantitative estimate of drug-likeness (QED) is 0.938. The zero-order valence-corrected chi connectivity index (χ0v) is 12.8. The third-order valence-corrected chi connectivity index (χ3v) is 3.55. The molecule has 0 bridgehead atoms. The van der Waals surface area contributed by atoms with E-state index in [1.807, 2.05) is 49.7 Å². The highest BCUT2D eigenvalue weighted by Crippen LogP contribution is 2.20. The van der Waals surface area contributed by atoms with Crippen LogP contribution in [0, 0.1) is 13.8 Å². The number of pyridine rings is 1. The van der Waals surface area contributed by atoms with E-state index < -0.39 is 0 Å². The third-order valence-electron chi connectivity index (χ3n) is 3.32. The Morgan fingerprint density at radius 1 is 1.25 bits per heavy atom. The van der Waals surface area contributed by atoms with E-state index in [4.69, 9.17) is 11.6 Å². The van der Waals surface area contributed by atoms with Gasteiger partial charge in [-0.25, -0.2) is 0 Å². The number of hydrogen-bond donors (Lipinski definition) is 1. The highest BCUT2D eigenvalue weighted by atomic mass is 35.5. The lowest BCUT2D eigenvalue weighted by Crippen LogP contribution is -2.21. The molecule has 0 aliphatic carbocycles. The molecule has 20 heavy (non-hydrogen) atoms. The molecule has 2 aromatic rings. The standard InChI is InChI=1S/C16H19ClN2O/c1-4-18-9-13-10-19(12(3)7-16(13)20)15-8-14(17)6-5-11(15)2/h5-8,10,18H,4,9H2,1-3H3. The van der Waals surface area contributed by atoms with Crippen molar-refractivity contribution >= 4 is 11.6 Å². The summed E-state index contributed by atoms with van der Waals surface area (Å²) >= 11 is 6.09. The van der Waals surface area contributed by atoms with Crippen molar-refractivity contribution in [2.75, 3.05) is 6.54 Å². The van der Waals surface area contributed by atoms with Crippen molar-refractivity contribution in [3.8, 4) is 5.69 Å². The van der Waals surface area contributed by atoms with Crippen LogP contribution >= 0.6 is 11.6 Å². The van der Waals surface area contributed by atoms with Crippen LogP contribution in [0.4, 0.5) is 0 Å². The lowest BCUT2D eigenvalue weighted by molar-refractivity contribution is 0.715.